The van der Waals surface area contributed by atoms with Crippen molar-refractivity contribution in [2.75, 3.05) is 19.5 Å². The van der Waals surface area contributed by atoms with Crippen molar-refractivity contribution in [2.45, 2.75) is 6.54 Å². The Morgan fingerprint density at radius 3 is 2.82 bits per heavy atom. The van der Waals surface area contributed by atoms with Crippen molar-refractivity contribution < 1.29 is 9.47 Å². The van der Waals surface area contributed by atoms with Gasteiger partial charge in [0.25, 0.3) is 0 Å². The van der Waals surface area contributed by atoms with Crippen molar-refractivity contribution in [2.24, 2.45) is 0 Å². The zero-order valence-electron chi connectivity index (χ0n) is 9.64. The Morgan fingerprint density at radius 1 is 1.29 bits per heavy atom. The van der Waals surface area contributed by atoms with E-state index in [1.165, 1.54) is 11.5 Å². The van der Waals surface area contributed by atoms with Gasteiger partial charge in [0.05, 0.1) is 32.1 Å². The zero-order valence-corrected chi connectivity index (χ0v) is 10.5. The van der Waals surface area contributed by atoms with Crippen molar-refractivity contribution in [3.05, 3.63) is 29.3 Å². The fourth-order valence-corrected chi connectivity index (χ4v) is 1.85. The summed E-state index contributed by atoms with van der Waals surface area (Å²) in [6.45, 7) is 0.611. The molecule has 5 nitrogen and oxygen atoms in total. The summed E-state index contributed by atoms with van der Waals surface area (Å²) in [5.74, 6) is 1.55. The molecule has 0 radical (unpaired) electrons. The van der Waals surface area contributed by atoms with E-state index in [9.17, 15) is 0 Å². The number of benzene rings is 1. The maximum Gasteiger partial charge on any atom is 0.142 e. The second-order valence-corrected chi connectivity index (χ2v) is 3.93. The summed E-state index contributed by atoms with van der Waals surface area (Å²) in [4.78, 5) is 0. The highest BCUT2D eigenvalue weighted by molar-refractivity contribution is 7.03. The lowest BCUT2D eigenvalue weighted by Crippen LogP contribution is -2.02. The third kappa shape index (κ3) is 2.85. The topological polar surface area (TPSA) is 56.3 Å². The Hall–Kier alpha value is -1.82. The van der Waals surface area contributed by atoms with E-state index in [4.69, 9.17) is 9.47 Å². The molecule has 0 saturated heterocycles. The van der Waals surface area contributed by atoms with Crippen LogP contribution in [-0.2, 0) is 6.54 Å². The van der Waals surface area contributed by atoms with Crippen LogP contribution in [0.1, 0.15) is 5.69 Å². The normalized spacial score (nSPS) is 10.0. The summed E-state index contributed by atoms with van der Waals surface area (Å²) >= 11 is 1.34. The molecule has 90 valence electrons. The second kappa shape index (κ2) is 5.49. The quantitative estimate of drug-likeness (QED) is 0.882. The van der Waals surface area contributed by atoms with Crippen LogP contribution in [0.25, 0.3) is 0 Å². The lowest BCUT2D eigenvalue weighted by molar-refractivity contribution is 0.404. The molecule has 0 bridgehead atoms. The number of rotatable bonds is 5. The van der Waals surface area contributed by atoms with Gasteiger partial charge in [-0.1, -0.05) is 4.49 Å². The fraction of sp³-hybridized carbons (Fsp3) is 0.273. The number of ether oxygens (including phenoxy) is 2. The number of nitrogens with one attached hydrogen (secondary N) is 1. The van der Waals surface area contributed by atoms with Crippen LogP contribution in [0.4, 0.5) is 5.69 Å². The third-order valence-electron chi connectivity index (χ3n) is 2.27. The highest BCUT2D eigenvalue weighted by Crippen LogP contribution is 2.29. The molecule has 0 aliphatic carbocycles. The molecular weight excluding hydrogens is 238 g/mol. The first-order valence-corrected chi connectivity index (χ1v) is 5.89. The van der Waals surface area contributed by atoms with Crippen LogP contribution in [0, 0.1) is 0 Å². The first-order valence-electron chi connectivity index (χ1n) is 5.05. The minimum Gasteiger partial charge on any atom is -0.497 e. The molecule has 0 aliphatic heterocycles. The maximum absolute atomic E-state index is 5.26. The van der Waals surface area contributed by atoms with Crippen LogP contribution in [0.5, 0.6) is 11.5 Å². The molecule has 17 heavy (non-hydrogen) atoms. The molecule has 1 aromatic heterocycles. The molecule has 1 aromatic carbocycles. The van der Waals surface area contributed by atoms with Crippen LogP contribution in [0.3, 0.4) is 0 Å². The Morgan fingerprint density at radius 2 is 2.18 bits per heavy atom. The van der Waals surface area contributed by atoms with Gasteiger partial charge in [0.1, 0.15) is 11.5 Å². The summed E-state index contributed by atoms with van der Waals surface area (Å²) in [5, 5.41) is 9.11. The molecule has 2 rings (SSSR count). The number of anilines is 1. The summed E-state index contributed by atoms with van der Waals surface area (Å²) in [5.41, 5.74) is 1.78. The molecule has 0 atom stereocenters. The van der Waals surface area contributed by atoms with Gasteiger partial charge in [-0.2, -0.15) is 0 Å². The van der Waals surface area contributed by atoms with E-state index in [1.807, 2.05) is 23.6 Å². The van der Waals surface area contributed by atoms with Gasteiger partial charge in [0, 0.05) is 11.4 Å². The summed E-state index contributed by atoms with van der Waals surface area (Å²) in [6.07, 6.45) is 0. The highest BCUT2D eigenvalue weighted by atomic mass is 32.1. The Bertz CT molecular complexity index is 474. The standard InChI is InChI=1S/C11H13N3O2S/c1-15-9-3-4-11(16-2)10(5-9)12-6-8-7-17-14-13-8/h3-5,7,12H,6H2,1-2H3. The predicted octanol–water partition coefficient (Wildman–Crippen LogP) is 2.17. The lowest BCUT2D eigenvalue weighted by atomic mass is 10.2. The average molecular weight is 251 g/mol. The van der Waals surface area contributed by atoms with Crippen LogP contribution >= 0.6 is 11.5 Å². The zero-order chi connectivity index (χ0) is 12.1. The minimum absolute atomic E-state index is 0.611. The molecule has 0 unspecified atom stereocenters. The molecule has 0 spiro atoms. The summed E-state index contributed by atoms with van der Waals surface area (Å²) < 4.78 is 14.2. The van der Waals surface area contributed by atoms with E-state index >= 15 is 0 Å². The molecule has 0 fully saturated rings. The van der Waals surface area contributed by atoms with Gasteiger partial charge < -0.3 is 14.8 Å². The van der Waals surface area contributed by atoms with E-state index < -0.39 is 0 Å². The van der Waals surface area contributed by atoms with Crippen molar-refractivity contribution in [1.82, 2.24) is 9.59 Å². The van der Waals surface area contributed by atoms with Crippen LogP contribution in [0.15, 0.2) is 23.6 Å². The smallest absolute Gasteiger partial charge is 0.142 e. The molecule has 0 saturated carbocycles. The first-order chi connectivity index (χ1) is 8.33. The molecule has 6 heteroatoms. The first kappa shape index (κ1) is 11.7. The van der Waals surface area contributed by atoms with Crippen LogP contribution in [-0.4, -0.2) is 23.8 Å². The van der Waals surface area contributed by atoms with Gasteiger partial charge in [0.2, 0.25) is 0 Å². The average Bonchev–Trinajstić information content (AvgIpc) is 2.89. The summed E-state index contributed by atoms with van der Waals surface area (Å²) in [6, 6.07) is 5.60. The minimum atomic E-state index is 0.611. The fourth-order valence-electron chi connectivity index (χ4n) is 1.40. The molecule has 1 N–H and O–H groups in total. The van der Waals surface area contributed by atoms with E-state index in [-0.39, 0.29) is 0 Å². The largest absolute Gasteiger partial charge is 0.497 e. The predicted molar refractivity (Wildman–Crippen MR) is 66.8 cm³/mol. The number of methoxy groups -OCH3 is 2. The van der Waals surface area contributed by atoms with Gasteiger partial charge in [-0.05, 0) is 23.7 Å². The van der Waals surface area contributed by atoms with E-state index in [2.05, 4.69) is 14.9 Å². The lowest BCUT2D eigenvalue weighted by Gasteiger charge is -2.11. The third-order valence-corrected chi connectivity index (χ3v) is 2.83. The molecule has 1 heterocycles. The van der Waals surface area contributed by atoms with Crippen LogP contribution in [0.2, 0.25) is 0 Å². The van der Waals surface area contributed by atoms with Gasteiger partial charge in [-0.3, -0.25) is 0 Å². The SMILES string of the molecule is COc1ccc(OC)c(NCc2csnn2)c1. The van der Waals surface area contributed by atoms with E-state index in [0.717, 1.165) is 22.9 Å². The van der Waals surface area contributed by atoms with Crippen molar-refractivity contribution in [1.29, 1.82) is 0 Å². The molecule has 0 amide bonds. The molecule has 0 aliphatic rings. The number of nitrogens with zero attached hydrogens (tertiary/aromatic N) is 2. The van der Waals surface area contributed by atoms with E-state index in [1.54, 1.807) is 14.2 Å². The Labute approximate surface area is 104 Å². The van der Waals surface area contributed by atoms with Gasteiger partial charge in [-0.15, -0.1) is 5.10 Å². The summed E-state index contributed by atoms with van der Waals surface area (Å²) in [7, 11) is 3.27. The number of hydrogen-bond donors (Lipinski definition) is 1. The second-order valence-electron chi connectivity index (χ2n) is 3.32. The Balaban J connectivity index is 2.12. The Kier molecular flexibility index (Phi) is 3.77. The van der Waals surface area contributed by atoms with Gasteiger partial charge in [0.15, 0.2) is 0 Å². The molecule has 2 aromatic rings. The maximum atomic E-state index is 5.26. The number of aromatic nitrogens is 2. The van der Waals surface area contributed by atoms with Gasteiger partial charge in [-0.25, -0.2) is 0 Å². The molecular formula is C11H13N3O2S. The van der Waals surface area contributed by atoms with Crippen molar-refractivity contribution in [3.8, 4) is 11.5 Å². The van der Waals surface area contributed by atoms with Crippen molar-refractivity contribution in [3.63, 3.8) is 0 Å². The van der Waals surface area contributed by atoms with Crippen molar-refractivity contribution >= 4 is 17.2 Å². The van der Waals surface area contributed by atoms with Crippen LogP contribution < -0.4 is 14.8 Å². The monoisotopic (exact) mass is 251 g/mol. The van der Waals surface area contributed by atoms with E-state index in [0.29, 0.717) is 6.54 Å². The number of hydrogen-bond acceptors (Lipinski definition) is 6. The highest BCUT2D eigenvalue weighted by Gasteiger charge is 2.05. The van der Waals surface area contributed by atoms with Gasteiger partial charge >= 0.3 is 0 Å².